The van der Waals surface area contributed by atoms with E-state index in [0.717, 1.165) is 0 Å². The first-order valence-electron chi connectivity index (χ1n) is 6.86. The smallest absolute Gasteiger partial charge is 0.373 e. The Morgan fingerprint density at radius 1 is 1.17 bits per heavy atom. The van der Waals surface area contributed by atoms with Crippen LogP contribution in [0.25, 0.3) is 22.1 Å². The molecule has 6 heteroatoms. The molecule has 0 fully saturated rings. The van der Waals surface area contributed by atoms with Crippen molar-refractivity contribution in [1.82, 2.24) is 0 Å². The molecule has 0 atom stereocenters. The summed E-state index contributed by atoms with van der Waals surface area (Å²) >= 11 is 0. The van der Waals surface area contributed by atoms with Crippen LogP contribution in [-0.2, 0) is 4.74 Å². The van der Waals surface area contributed by atoms with Gasteiger partial charge < -0.3 is 18.7 Å². The molecule has 2 heterocycles. The van der Waals surface area contributed by atoms with Crippen LogP contribution in [0.3, 0.4) is 0 Å². The number of aryl methyl sites for hydroxylation is 2. The van der Waals surface area contributed by atoms with Crippen LogP contribution in [0.1, 0.15) is 21.9 Å². The molecule has 2 aromatic heterocycles. The van der Waals surface area contributed by atoms with Gasteiger partial charge in [-0.1, -0.05) is 0 Å². The van der Waals surface area contributed by atoms with Crippen molar-refractivity contribution in [2.75, 3.05) is 7.11 Å². The van der Waals surface area contributed by atoms with E-state index in [4.69, 9.17) is 8.83 Å². The van der Waals surface area contributed by atoms with Crippen molar-refractivity contribution in [2.45, 2.75) is 13.8 Å². The fraction of sp³-hybridized carbons (Fsp3) is 0.176. The van der Waals surface area contributed by atoms with Crippen LogP contribution < -0.4 is 5.43 Å². The van der Waals surface area contributed by atoms with E-state index in [1.165, 1.54) is 25.5 Å². The van der Waals surface area contributed by atoms with Crippen LogP contribution in [0.2, 0.25) is 0 Å². The number of hydrogen-bond donors (Lipinski definition) is 1. The van der Waals surface area contributed by atoms with Gasteiger partial charge in [-0.25, -0.2) is 4.79 Å². The van der Waals surface area contributed by atoms with Gasteiger partial charge in [0.2, 0.25) is 11.2 Å². The minimum absolute atomic E-state index is 0.0152. The van der Waals surface area contributed by atoms with E-state index in [-0.39, 0.29) is 28.1 Å². The summed E-state index contributed by atoms with van der Waals surface area (Å²) < 4.78 is 15.4. The molecule has 1 aromatic carbocycles. The molecule has 0 aliphatic rings. The van der Waals surface area contributed by atoms with E-state index in [1.807, 2.05) is 0 Å². The summed E-state index contributed by atoms with van der Waals surface area (Å²) in [4.78, 5) is 24.2. The van der Waals surface area contributed by atoms with E-state index in [0.29, 0.717) is 22.3 Å². The third-order valence-corrected chi connectivity index (χ3v) is 3.69. The van der Waals surface area contributed by atoms with Crippen molar-refractivity contribution in [2.24, 2.45) is 0 Å². The normalized spacial score (nSPS) is 10.9. The zero-order chi connectivity index (χ0) is 16.7. The third kappa shape index (κ3) is 2.38. The van der Waals surface area contributed by atoms with Gasteiger partial charge in [0.15, 0.2) is 0 Å². The Labute approximate surface area is 130 Å². The van der Waals surface area contributed by atoms with Crippen LogP contribution in [0.15, 0.2) is 38.1 Å². The molecule has 0 aliphatic heterocycles. The lowest BCUT2D eigenvalue weighted by Crippen LogP contribution is -2.05. The predicted molar refractivity (Wildman–Crippen MR) is 82.7 cm³/mol. The van der Waals surface area contributed by atoms with Crippen molar-refractivity contribution >= 4 is 16.9 Å². The van der Waals surface area contributed by atoms with Crippen LogP contribution in [0, 0.1) is 13.8 Å². The lowest BCUT2D eigenvalue weighted by molar-refractivity contribution is 0.0563. The molecule has 0 saturated carbocycles. The average molecular weight is 314 g/mol. The van der Waals surface area contributed by atoms with Gasteiger partial charge in [-0.2, -0.15) is 0 Å². The zero-order valence-corrected chi connectivity index (χ0v) is 12.8. The van der Waals surface area contributed by atoms with Gasteiger partial charge in [-0.15, -0.1) is 0 Å². The Morgan fingerprint density at radius 3 is 2.61 bits per heavy atom. The zero-order valence-electron chi connectivity index (χ0n) is 12.8. The van der Waals surface area contributed by atoms with E-state index in [1.54, 1.807) is 19.9 Å². The Morgan fingerprint density at radius 2 is 1.91 bits per heavy atom. The number of fused-ring (bicyclic) bond motifs is 1. The monoisotopic (exact) mass is 314 g/mol. The van der Waals surface area contributed by atoms with Crippen LogP contribution in [-0.4, -0.2) is 18.2 Å². The van der Waals surface area contributed by atoms with Crippen LogP contribution in [0.4, 0.5) is 0 Å². The summed E-state index contributed by atoms with van der Waals surface area (Å²) in [5, 5.41) is 10.0. The highest BCUT2D eigenvalue weighted by molar-refractivity contribution is 5.89. The van der Waals surface area contributed by atoms with Crippen molar-refractivity contribution in [3.63, 3.8) is 0 Å². The highest BCUT2D eigenvalue weighted by Gasteiger charge is 2.19. The maximum Gasteiger partial charge on any atom is 0.373 e. The molecule has 3 aromatic rings. The molecule has 0 radical (unpaired) electrons. The van der Waals surface area contributed by atoms with Gasteiger partial charge in [-0.05, 0) is 31.5 Å². The number of phenols is 1. The van der Waals surface area contributed by atoms with E-state index < -0.39 is 5.97 Å². The topological polar surface area (TPSA) is 89.9 Å². The molecule has 0 amide bonds. The second-order valence-electron chi connectivity index (χ2n) is 5.19. The SMILES string of the molecule is COC(=O)c1cc(-c2coc3cc(O)c(C)cc3c2=O)c(C)o1. The molecule has 0 aliphatic carbocycles. The molecule has 0 unspecified atom stereocenters. The number of esters is 1. The molecule has 118 valence electrons. The number of carbonyl (C=O) groups excluding carboxylic acids is 1. The van der Waals surface area contributed by atoms with E-state index >= 15 is 0 Å². The fourth-order valence-corrected chi connectivity index (χ4v) is 2.41. The molecule has 1 N–H and O–H groups in total. The number of furan rings is 1. The number of phenolic OH excluding ortho intramolecular Hbond substituents is 1. The number of rotatable bonds is 2. The second kappa shape index (κ2) is 5.31. The number of aromatic hydroxyl groups is 1. The Balaban J connectivity index is 2.23. The summed E-state index contributed by atoms with van der Waals surface area (Å²) in [5.41, 5.74) is 1.33. The summed E-state index contributed by atoms with van der Waals surface area (Å²) in [5.74, 6) is -0.139. The Bertz CT molecular complexity index is 977. The first kappa shape index (κ1) is 14.9. The molecule has 23 heavy (non-hydrogen) atoms. The van der Waals surface area contributed by atoms with Crippen molar-refractivity contribution in [3.05, 3.63) is 51.8 Å². The van der Waals surface area contributed by atoms with Gasteiger partial charge in [-0.3, -0.25) is 4.79 Å². The first-order valence-corrected chi connectivity index (χ1v) is 6.86. The number of hydrogen-bond acceptors (Lipinski definition) is 6. The predicted octanol–water partition coefficient (Wildman–Crippen LogP) is 3.16. The maximum atomic E-state index is 12.7. The number of carbonyl (C=O) groups is 1. The largest absolute Gasteiger partial charge is 0.508 e. The van der Waals surface area contributed by atoms with Crippen molar-refractivity contribution in [3.8, 4) is 16.9 Å². The van der Waals surface area contributed by atoms with Gasteiger partial charge in [0.25, 0.3) is 0 Å². The average Bonchev–Trinajstić information content (AvgIpc) is 2.91. The van der Waals surface area contributed by atoms with E-state index in [2.05, 4.69) is 4.74 Å². The molecule has 0 saturated heterocycles. The lowest BCUT2D eigenvalue weighted by atomic mass is 10.0. The highest BCUT2D eigenvalue weighted by atomic mass is 16.5. The minimum Gasteiger partial charge on any atom is -0.508 e. The molecular formula is C17H14O6. The summed E-state index contributed by atoms with van der Waals surface area (Å²) in [6.07, 6.45) is 1.29. The summed E-state index contributed by atoms with van der Waals surface area (Å²) in [7, 11) is 1.25. The van der Waals surface area contributed by atoms with Crippen LogP contribution >= 0.6 is 0 Å². The molecular weight excluding hydrogens is 300 g/mol. The highest BCUT2D eigenvalue weighted by Crippen LogP contribution is 2.28. The lowest BCUT2D eigenvalue weighted by Gasteiger charge is -2.04. The number of benzene rings is 1. The second-order valence-corrected chi connectivity index (χ2v) is 5.19. The summed E-state index contributed by atoms with van der Waals surface area (Å²) in [6.45, 7) is 3.34. The van der Waals surface area contributed by atoms with Gasteiger partial charge in [0.05, 0.1) is 18.1 Å². The molecule has 6 nitrogen and oxygen atoms in total. The quantitative estimate of drug-likeness (QED) is 0.731. The number of ether oxygens (including phenoxy) is 1. The van der Waals surface area contributed by atoms with Crippen molar-refractivity contribution < 1.29 is 23.5 Å². The molecule has 0 spiro atoms. The van der Waals surface area contributed by atoms with Gasteiger partial charge >= 0.3 is 5.97 Å². The van der Waals surface area contributed by atoms with Gasteiger partial charge in [0.1, 0.15) is 23.4 Å². The standard InChI is InChI=1S/C17H14O6/c1-8-4-11-14(6-13(8)18)22-7-12(16(11)19)10-5-15(17(20)21-3)23-9(10)2/h4-7,18H,1-3H3. The maximum absolute atomic E-state index is 12.7. The van der Waals surface area contributed by atoms with Gasteiger partial charge in [0, 0.05) is 11.6 Å². The van der Waals surface area contributed by atoms with Crippen molar-refractivity contribution in [1.29, 1.82) is 0 Å². The third-order valence-electron chi connectivity index (χ3n) is 3.69. The van der Waals surface area contributed by atoms with E-state index in [9.17, 15) is 14.7 Å². The number of methoxy groups -OCH3 is 1. The van der Waals surface area contributed by atoms with Crippen LogP contribution in [0.5, 0.6) is 5.75 Å². The minimum atomic E-state index is -0.620. The Hall–Kier alpha value is -3.02. The Kier molecular flexibility index (Phi) is 3.44. The molecule has 0 bridgehead atoms. The first-order chi connectivity index (χ1) is 10.9. The summed E-state index contributed by atoms with van der Waals surface area (Å²) in [6, 6.07) is 4.42. The molecule has 3 rings (SSSR count). The fourth-order valence-electron chi connectivity index (χ4n) is 2.41.